The largest absolute Gasteiger partial charge is 0.337 e. The second kappa shape index (κ2) is 9.49. The van der Waals surface area contributed by atoms with Gasteiger partial charge in [0.15, 0.2) is 0 Å². The number of benzene rings is 2. The molecule has 2 N–H and O–H groups in total. The van der Waals surface area contributed by atoms with Crippen molar-refractivity contribution in [2.75, 3.05) is 20.6 Å². The normalized spacial score (nSPS) is 12.4. The van der Waals surface area contributed by atoms with Crippen LogP contribution in [0.1, 0.15) is 5.69 Å². The fraction of sp³-hybridized carbons (Fsp3) is 0.238. The van der Waals surface area contributed by atoms with E-state index in [-0.39, 0.29) is 36.2 Å². The summed E-state index contributed by atoms with van der Waals surface area (Å²) >= 11 is 6.23. The predicted molar refractivity (Wildman–Crippen MR) is 123 cm³/mol. The predicted octanol–water partition coefficient (Wildman–Crippen LogP) is 4.75. The minimum Gasteiger partial charge on any atom is -0.337 e. The SMILES string of the molecule is Cc1c(-c2cccc(S(=O)(=O)N(C)C)c2)c2cc(Cl)ccc2n1C/C(F)=C/CN.Cl. The van der Waals surface area contributed by atoms with Crippen molar-refractivity contribution in [1.82, 2.24) is 8.87 Å². The van der Waals surface area contributed by atoms with E-state index in [4.69, 9.17) is 17.3 Å². The molecule has 3 aromatic rings. The Kier molecular flexibility index (Phi) is 7.71. The first-order valence-electron chi connectivity index (χ1n) is 9.02. The van der Waals surface area contributed by atoms with Crippen LogP contribution in [0.25, 0.3) is 22.0 Å². The highest BCUT2D eigenvalue weighted by atomic mass is 35.5. The first kappa shape index (κ1) is 24.4. The van der Waals surface area contributed by atoms with Gasteiger partial charge in [0.05, 0.1) is 11.4 Å². The summed E-state index contributed by atoms with van der Waals surface area (Å²) in [6.45, 7) is 2.04. The van der Waals surface area contributed by atoms with Gasteiger partial charge in [-0.15, -0.1) is 12.4 Å². The van der Waals surface area contributed by atoms with Crippen molar-refractivity contribution in [3.05, 3.63) is 65.1 Å². The number of fused-ring (bicyclic) bond motifs is 1. The monoisotopic (exact) mass is 471 g/mol. The standard InChI is InChI=1S/C21H23ClFN3O2S.ClH/c1-14-21(15-5-4-6-18(11-15)29(27,28)25(2)3)19-12-16(22)7-8-20(19)26(14)13-17(23)9-10-24;/h4-9,11-12H,10,13,24H2,1-3H3;1H/b17-9-;. The van der Waals surface area contributed by atoms with E-state index < -0.39 is 10.0 Å². The molecule has 0 aliphatic heterocycles. The molecular weight excluding hydrogens is 448 g/mol. The fourth-order valence-corrected chi connectivity index (χ4v) is 4.51. The smallest absolute Gasteiger partial charge is 0.242 e. The highest BCUT2D eigenvalue weighted by molar-refractivity contribution is 7.89. The van der Waals surface area contributed by atoms with E-state index in [1.165, 1.54) is 24.5 Å². The van der Waals surface area contributed by atoms with Crippen LogP contribution in [-0.2, 0) is 16.6 Å². The Labute approximate surface area is 187 Å². The summed E-state index contributed by atoms with van der Waals surface area (Å²) in [5, 5.41) is 1.38. The third kappa shape index (κ3) is 4.55. The molecule has 9 heteroatoms. The number of nitrogens with zero attached hydrogens (tertiary/aromatic N) is 2. The van der Waals surface area contributed by atoms with Gasteiger partial charge in [-0.25, -0.2) is 17.1 Å². The third-order valence-electron chi connectivity index (χ3n) is 4.84. The third-order valence-corrected chi connectivity index (χ3v) is 6.88. The van der Waals surface area contributed by atoms with Crippen LogP contribution >= 0.6 is 24.0 Å². The maximum absolute atomic E-state index is 14.2. The lowest BCUT2D eigenvalue weighted by Crippen LogP contribution is -2.22. The van der Waals surface area contributed by atoms with E-state index >= 15 is 0 Å². The molecule has 0 spiro atoms. The van der Waals surface area contributed by atoms with Crippen molar-refractivity contribution in [1.29, 1.82) is 0 Å². The zero-order chi connectivity index (χ0) is 21.3. The molecule has 0 aliphatic carbocycles. The highest BCUT2D eigenvalue weighted by Gasteiger charge is 2.21. The van der Waals surface area contributed by atoms with Crippen LogP contribution in [0.2, 0.25) is 5.02 Å². The van der Waals surface area contributed by atoms with Crippen molar-refractivity contribution in [2.45, 2.75) is 18.4 Å². The molecule has 0 fully saturated rings. The Balaban J connectivity index is 0.00000320. The van der Waals surface area contributed by atoms with Gasteiger partial charge in [0, 0.05) is 47.8 Å². The number of hydrogen-bond acceptors (Lipinski definition) is 3. The van der Waals surface area contributed by atoms with Crippen LogP contribution in [0.5, 0.6) is 0 Å². The Morgan fingerprint density at radius 2 is 1.93 bits per heavy atom. The molecule has 1 heterocycles. The van der Waals surface area contributed by atoms with Crippen molar-refractivity contribution >= 4 is 44.9 Å². The molecule has 5 nitrogen and oxygen atoms in total. The molecule has 2 aromatic carbocycles. The zero-order valence-corrected chi connectivity index (χ0v) is 19.3. The average molecular weight is 472 g/mol. The van der Waals surface area contributed by atoms with E-state index in [1.54, 1.807) is 24.3 Å². The van der Waals surface area contributed by atoms with E-state index in [0.717, 1.165) is 27.7 Å². The summed E-state index contributed by atoms with van der Waals surface area (Å²) in [5.74, 6) is -0.335. The first-order chi connectivity index (χ1) is 13.7. The van der Waals surface area contributed by atoms with Crippen LogP contribution in [-0.4, -0.2) is 37.9 Å². The molecule has 3 rings (SSSR count). The number of halogens is 3. The van der Waals surface area contributed by atoms with Crippen LogP contribution in [0.15, 0.2) is 59.3 Å². The molecule has 162 valence electrons. The van der Waals surface area contributed by atoms with Crippen molar-refractivity contribution in [3.8, 4) is 11.1 Å². The molecule has 0 aliphatic rings. The second-order valence-electron chi connectivity index (χ2n) is 6.91. The Bertz CT molecular complexity index is 1200. The molecule has 0 bridgehead atoms. The van der Waals surface area contributed by atoms with Crippen molar-refractivity contribution in [2.24, 2.45) is 5.73 Å². The van der Waals surface area contributed by atoms with Gasteiger partial charge in [0.2, 0.25) is 10.0 Å². The summed E-state index contributed by atoms with van der Waals surface area (Å²) in [7, 11) is -0.601. The molecule has 30 heavy (non-hydrogen) atoms. The van der Waals surface area contributed by atoms with Crippen molar-refractivity contribution < 1.29 is 12.8 Å². The summed E-state index contributed by atoms with van der Waals surface area (Å²) in [5.41, 5.74) is 8.58. The van der Waals surface area contributed by atoms with Crippen molar-refractivity contribution in [3.63, 3.8) is 0 Å². The molecule has 0 radical (unpaired) electrons. The van der Waals surface area contributed by atoms with Gasteiger partial charge < -0.3 is 10.3 Å². The molecule has 0 amide bonds. The molecular formula is C21H24Cl2FN3O2S. The minimum absolute atomic E-state index is 0. The van der Waals surface area contributed by atoms with Gasteiger partial charge in [-0.1, -0.05) is 23.7 Å². The number of sulfonamides is 1. The molecule has 0 atom stereocenters. The van der Waals surface area contributed by atoms with Crippen LogP contribution in [0.4, 0.5) is 4.39 Å². The van der Waals surface area contributed by atoms with Gasteiger partial charge in [0.25, 0.3) is 0 Å². The average Bonchev–Trinajstić information content (AvgIpc) is 2.92. The lowest BCUT2D eigenvalue weighted by atomic mass is 10.0. The van der Waals surface area contributed by atoms with E-state index in [0.29, 0.717) is 5.02 Å². The zero-order valence-electron chi connectivity index (χ0n) is 16.9. The second-order valence-corrected chi connectivity index (χ2v) is 9.50. The van der Waals surface area contributed by atoms with Crippen LogP contribution in [0, 0.1) is 6.92 Å². The van der Waals surface area contributed by atoms with Gasteiger partial charge in [-0.05, 0) is 48.9 Å². The summed E-state index contributed by atoms with van der Waals surface area (Å²) < 4.78 is 42.4. The molecule has 0 saturated carbocycles. The molecule has 0 unspecified atom stereocenters. The maximum Gasteiger partial charge on any atom is 0.242 e. The maximum atomic E-state index is 14.2. The number of aromatic nitrogens is 1. The number of allylic oxidation sites excluding steroid dienone is 1. The van der Waals surface area contributed by atoms with E-state index in [9.17, 15) is 12.8 Å². The highest BCUT2D eigenvalue weighted by Crippen LogP contribution is 2.37. The Morgan fingerprint density at radius 1 is 1.23 bits per heavy atom. The van der Waals surface area contributed by atoms with Crippen LogP contribution in [0.3, 0.4) is 0 Å². The van der Waals surface area contributed by atoms with Gasteiger partial charge in [-0.3, -0.25) is 0 Å². The number of hydrogen-bond donors (Lipinski definition) is 1. The summed E-state index contributed by atoms with van der Waals surface area (Å²) in [6.07, 6.45) is 1.34. The first-order valence-corrected chi connectivity index (χ1v) is 10.8. The molecule has 0 saturated heterocycles. The topological polar surface area (TPSA) is 68.3 Å². The van der Waals surface area contributed by atoms with Gasteiger partial charge in [-0.2, -0.15) is 0 Å². The fourth-order valence-electron chi connectivity index (χ4n) is 3.39. The van der Waals surface area contributed by atoms with Gasteiger partial charge >= 0.3 is 0 Å². The van der Waals surface area contributed by atoms with E-state index in [2.05, 4.69) is 0 Å². The molecule has 1 aromatic heterocycles. The van der Waals surface area contributed by atoms with E-state index in [1.807, 2.05) is 29.7 Å². The lowest BCUT2D eigenvalue weighted by Gasteiger charge is -2.13. The minimum atomic E-state index is -3.58. The Hall–Kier alpha value is -1.90. The van der Waals surface area contributed by atoms with Gasteiger partial charge in [0.1, 0.15) is 5.83 Å². The number of rotatable bonds is 6. The number of nitrogens with two attached hydrogens (primary N) is 1. The summed E-state index contributed by atoms with van der Waals surface area (Å²) in [6, 6.07) is 12.1. The van der Waals surface area contributed by atoms with Crippen LogP contribution < -0.4 is 5.73 Å². The lowest BCUT2D eigenvalue weighted by molar-refractivity contribution is 0.521. The Morgan fingerprint density at radius 3 is 2.57 bits per heavy atom. The summed E-state index contributed by atoms with van der Waals surface area (Å²) in [4.78, 5) is 0.191. The quantitative estimate of drug-likeness (QED) is 0.563.